The van der Waals surface area contributed by atoms with Gasteiger partial charge < -0.3 is 87.5 Å². The monoisotopic (exact) mass is 2000 g/mol. The average Bonchev–Trinajstić information content (AvgIpc) is 1.60. The summed E-state index contributed by atoms with van der Waals surface area (Å²) >= 11 is 0. The zero-order valence-corrected chi connectivity index (χ0v) is 83.8. The molecule has 51 heteroatoms. The topological polar surface area (TPSA) is 608 Å². The molecule has 3 fully saturated rings. The number of fused-ring (bicyclic) bond motifs is 3. The highest BCUT2D eigenvalue weighted by atomic mass is 31.2. The Morgan fingerprint density at radius 3 is 0.986 bits per heavy atom. The summed E-state index contributed by atoms with van der Waals surface area (Å²) in [5.74, 6) is -2.95. The minimum atomic E-state index is -4.52. The standard InChI is InChI=1S/C31H44N5O11P.C29H40N5O11P.C27H44N5O11P/c1-18(2)13-22(29(39)43-14-21-11-9-8-10-12-21)35-48(41,45-16-24(37)46-19(3)4)44-15-23-26(38)31(6,40)30(47-23)36-17-32-25-27(36)33-20(5)34-28(25)42-7;1-17(2)12-20(27(37)41-6)33-46(39,44-15-22(35)42-13-19-10-8-7-9-11-19)43-14-21-24(36)29(4,38)28(45-21)34-16-30-23-25(34)31-18(3)32-26(23)40-5;1-14(2)10-18(25(35)42-16(5)6)31-44(37,40-12-20(33)41-15(3)4)39-11-19-22(34)27(8,36)26(43-19)32-13-28-21-23(32)29-17(7)30-24(21)38-9/h8-12,17-19,22-23,26,30,38,40H,13-16H2,1-7H3,(H,35,41);7-11,16-17,20-21,24,28,36,38H,12-15H2,1-6H3,(H,33,39);13-16,18-19,22,26,34,36H,10-12H2,1-9H3,(H,31,37)/t22-,23+,26?,30+,31-,48?;20-,21+,24?,28+,29-,46?;18-,19+,22?,26+,27-,44?/m000/s1. The number of hydrogen-bond acceptors (Lipinski definition) is 42. The van der Waals surface area contributed by atoms with Crippen LogP contribution in [0.15, 0.2) is 79.6 Å². The first-order chi connectivity index (χ1) is 64.9. The minimum Gasteiger partial charge on any atom is -0.479 e. The van der Waals surface area contributed by atoms with Crippen LogP contribution in [0.5, 0.6) is 17.6 Å². The van der Waals surface area contributed by atoms with Gasteiger partial charge in [-0.1, -0.05) is 102 Å². The molecular weight excluding hydrogens is 1880 g/mol. The number of rotatable bonds is 46. The summed E-state index contributed by atoms with van der Waals surface area (Å²) in [5.41, 5.74) is -2.45. The molecule has 11 rings (SSSR count). The van der Waals surface area contributed by atoms with Crippen molar-refractivity contribution in [2.75, 3.05) is 68.1 Å². The maximum Gasteiger partial charge on any atom is 0.406 e. The number of ether oxygens (including phenoxy) is 12. The van der Waals surface area contributed by atoms with Gasteiger partial charge in [0.05, 0.1) is 85.6 Å². The van der Waals surface area contributed by atoms with Gasteiger partial charge in [-0.15, -0.1) is 0 Å². The molecule has 2 aromatic carbocycles. The van der Waals surface area contributed by atoms with E-state index in [0.29, 0.717) is 34.0 Å². The van der Waals surface area contributed by atoms with E-state index < -0.39 is 207 Å². The van der Waals surface area contributed by atoms with Crippen molar-refractivity contribution in [1.29, 1.82) is 0 Å². The number of aliphatic hydroxyl groups is 6. The summed E-state index contributed by atoms with van der Waals surface area (Å²) in [7, 11) is -7.98. The van der Waals surface area contributed by atoms with Crippen molar-refractivity contribution in [3.63, 3.8) is 0 Å². The summed E-state index contributed by atoms with van der Waals surface area (Å²) in [4.78, 5) is 114. The van der Waals surface area contributed by atoms with Crippen molar-refractivity contribution in [1.82, 2.24) is 73.8 Å². The molecule has 18 atom stereocenters. The highest BCUT2D eigenvalue weighted by molar-refractivity contribution is 7.52. The van der Waals surface area contributed by atoms with Crippen LogP contribution < -0.4 is 29.5 Å². The maximum atomic E-state index is 14.2. The first-order valence-corrected chi connectivity index (χ1v) is 49.0. The van der Waals surface area contributed by atoms with Gasteiger partial charge in [-0.25, -0.2) is 73.2 Å². The van der Waals surface area contributed by atoms with Gasteiger partial charge >= 0.3 is 59.1 Å². The fourth-order valence-corrected chi connectivity index (χ4v) is 18.9. The zero-order chi connectivity index (χ0) is 102. The highest BCUT2D eigenvalue weighted by Gasteiger charge is 2.58. The molecule has 0 bridgehead atoms. The normalized spacial score (nSPS) is 23.4. The number of imidazole rings is 3. The first-order valence-electron chi connectivity index (χ1n) is 44.4. The second kappa shape index (κ2) is 49.1. The van der Waals surface area contributed by atoms with Gasteiger partial charge in [0.2, 0.25) is 17.6 Å². The number of aliphatic hydroxyl groups excluding tert-OH is 3. The van der Waals surface area contributed by atoms with E-state index in [1.807, 2.05) is 65.8 Å². The molecule has 0 saturated carbocycles. The number of hydrogen-bond donors (Lipinski definition) is 9. The number of carbonyl (C=O) groups is 6. The summed E-state index contributed by atoms with van der Waals surface area (Å²) in [6.07, 6.45) is -8.79. The fraction of sp³-hybridized carbons (Fsp3) is 0.621. The molecule has 3 aliphatic rings. The van der Waals surface area contributed by atoms with Gasteiger partial charge in [0, 0.05) is 0 Å². The average molecular weight is 2000 g/mol. The Labute approximate surface area is 797 Å². The number of aryl methyl sites for hydroxylation is 3. The first kappa shape index (κ1) is 112. The molecule has 0 spiro atoms. The Kier molecular flexibility index (Phi) is 39.8. The van der Waals surface area contributed by atoms with Crippen LogP contribution in [-0.4, -0.2) is 283 Å². The molecule has 6 unspecified atom stereocenters. The molecule has 764 valence electrons. The number of benzene rings is 2. The number of nitrogens with zero attached hydrogens (tertiary/aromatic N) is 12. The van der Waals surface area contributed by atoms with E-state index >= 15 is 0 Å². The number of carbonyl (C=O) groups excluding carboxylic acids is 6. The van der Waals surface area contributed by atoms with Crippen LogP contribution in [0.1, 0.15) is 170 Å². The Morgan fingerprint density at radius 2 is 0.696 bits per heavy atom. The molecule has 8 aromatic rings. The molecular formula is C87H128N15O33P3. The molecule has 48 nitrogen and oxygen atoms in total. The predicted molar refractivity (Wildman–Crippen MR) is 487 cm³/mol. The van der Waals surface area contributed by atoms with Gasteiger partial charge in [0.25, 0.3) is 0 Å². The van der Waals surface area contributed by atoms with Crippen molar-refractivity contribution < 1.29 is 157 Å². The van der Waals surface area contributed by atoms with E-state index in [4.69, 9.17) is 84.0 Å². The molecule has 0 amide bonds. The van der Waals surface area contributed by atoms with Gasteiger partial charge in [-0.3, -0.25) is 55.2 Å². The van der Waals surface area contributed by atoms with E-state index in [0.717, 1.165) is 11.1 Å². The van der Waals surface area contributed by atoms with Gasteiger partial charge in [-0.2, -0.15) is 15.0 Å². The van der Waals surface area contributed by atoms with E-state index in [2.05, 4.69) is 60.1 Å². The molecule has 9 N–H and O–H groups in total. The van der Waals surface area contributed by atoms with Crippen molar-refractivity contribution in [3.8, 4) is 17.6 Å². The summed E-state index contributed by atoms with van der Waals surface area (Å²) in [6.45, 7) is 25.9. The van der Waals surface area contributed by atoms with Crippen LogP contribution in [0.4, 0.5) is 0 Å². The number of methoxy groups -OCH3 is 4. The van der Waals surface area contributed by atoms with Gasteiger partial charge in [0.1, 0.15) is 102 Å². The van der Waals surface area contributed by atoms with Crippen molar-refractivity contribution in [2.24, 2.45) is 17.8 Å². The summed E-state index contributed by atoms with van der Waals surface area (Å²) in [5, 5.41) is 75.1. The van der Waals surface area contributed by atoms with E-state index in [1.165, 1.54) is 81.9 Å². The number of nitrogens with one attached hydrogen (secondary N) is 3. The molecule has 0 radical (unpaired) electrons. The van der Waals surface area contributed by atoms with Crippen LogP contribution in [-0.2, 0) is 125 Å². The molecule has 9 heterocycles. The van der Waals surface area contributed by atoms with E-state index in [9.17, 15) is 73.1 Å². The van der Waals surface area contributed by atoms with Crippen molar-refractivity contribution in [3.05, 3.63) is 108 Å². The Bertz CT molecular complexity index is 5560. The number of aromatic nitrogens is 12. The molecule has 0 aliphatic carbocycles. The largest absolute Gasteiger partial charge is 0.479 e. The van der Waals surface area contributed by atoms with Gasteiger partial charge in [-0.05, 0) is 131 Å². The molecule has 138 heavy (non-hydrogen) atoms. The lowest BCUT2D eigenvalue weighted by molar-refractivity contribution is -0.151. The van der Waals surface area contributed by atoms with Crippen LogP contribution in [0.3, 0.4) is 0 Å². The Morgan fingerprint density at radius 1 is 0.406 bits per heavy atom. The Balaban J connectivity index is 0.000000232. The van der Waals surface area contributed by atoms with Crippen LogP contribution >= 0.6 is 23.2 Å². The van der Waals surface area contributed by atoms with Crippen LogP contribution in [0.2, 0.25) is 0 Å². The lowest BCUT2D eigenvalue weighted by Crippen LogP contribution is -2.44. The maximum absolute atomic E-state index is 14.2. The summed E-state index contributed by atoms with van der Waals surface area (Å²) in [6, 6.07) is 14.5. The fourth-order valence-electron chi connectivity index (χ4n) is 14.6. The predicted octanol–water partition coefficient (Wildman–Crippen LogP) is 7.41. The second-order valence-corrected chi connectivity index (χ2v) is 40.7. The minimum absolute atomic E-state index is 0.0273. The van der Waals surface area contributed by atoms with Crippen LogP contribution in [0, 0.1) is 38.5 Å². The third-order valence-corrected chi connectivity index (χ3v) is 25.8. The zero-order valence-electron chi connectivity index (χ0n) is 81.1. The van der Waals surface area contributed by atoms with Crippen molar-refractivity contribution in [2.45, 2.75) is 266 Å². The highest BCUT2D eigenvalue weighted by Crippen LogP contribution is 2.52. The SMILES string of the molecule is COC(=O)[C@H](CC(C)C)NP(=O)(OCC(=O)OCc1ccccc1)OC[C@H]1O[C@@H](n2cnc3c(OC)nc(C)nc32)[C@@](C)(O)C1O.COc1nc(C)nc2c1ncn2[C@@H]1O[C@H](COP(=O)(N[C@@H](CC(C)C)C(=O)OC(C)C)OCC(=O)OC(C)C)C(O)[C@]1(C)O.COc1nc(C)nc2c1ncn2[C@@H]1O[C@H](COP(=O)(N[C@@H](CC(C)C)C(=O)OCc2ccccc2)OCC(=O)OC(C)C)C(O)[C@]1(C)O. The third-order valence-electron chi connectivity index (χ3n) is 21.1. The van der Waals surface area contributed by atoms with E-state index in [-0.39, 0.29) is 84.8 Å². The quantitative estimate of drug-likeness (QED) is 0.0102. The van der Waals surface area contributed by atoms with Crippen LogP contribution in [0.25, 0.3) is 33.5 Å². The lowest BCUT2D eigenvalue weighted by Gasteiger charge is -2.28. The van der Waals surface area contributed by atoms with Gasteiger partial charge in [0.15, 0.2) is 72.0 Å². The van der Waals surface area contributed by atoms with Crippen molar-refractivity contribution >= 4 is 92.5 Å². The lowest BCUT2D eigenvalue weighted by atomic mass is 9.96. The third kappa shape index (κ3) is 29.7. The Hall–Kier alpha value is -9.72. The molecule has 3 aliphatic heterocycles. The smallest absolute Gasteiger partial charge is 0.406 e. The second-order valence-electron chi connectivity index (χ2n) is 35.4. The van der Waals surface area contributed by atoms with E-state index in [1.54, 1.807) is 98.7 Å². The molecule has 3 saturated heterocycles. The molecule has 6 aromatic heterocycles. The number of esters is 6. The summed E-state index contributed by atoms with van der Waals surface area (Å²) < 4.78 is 145.